The van der Waals surface area contributed by atoms with Gasteiger partial charge in [-0.25, -0.2) is 0 Å². The van der Waals surface area contributed by atoms with E-state index >= 15 is 0 Å². The van der Waals surface area contributed by atoms with Crippen LogP contribution in [0.1, 0.15) is 31.2 Å². The fourth-order valence-electron chi connectivity index (χ4n) is 1.67. The van der Waals surface area contributed by atoms with Crippen LogP contribution in [0, 0.1) is 0 Å². The number of halogens is 2. The van der Waals surface area contributed by atoms with E-state index in [1.165, 1.54) is 0 Å². The number of nitrogens with two attached hydrogens (primary N) is 1. The summed E-state index contributed by atoms with van der Waals surface area (Å²) in [6, 6.07) is 3.43. The number of benzene rings is 1. The molecular formula is C13H19Cl2NO2. The van der Waals surface area contributed by atoms with Gasteiger partial charge in [0.2, 0.25) is 0 Å². The van der Waals surface area contributed by atoms with Gasteiger partial charge in [0.15, 0.2) is 0 Å². The molecule has 0 fully saturated rings. The van der Waals surface area contributed by atoms with E-state index in [0.29, 0.717) is 28.9 Å². The molecule has 0 bridgehead atoms. The van der Waals surface area contributed by atoms with Crippen LogP contribution in [0.4, 0.5) is 0 Å². The van der Waals surface area contributed by atoms with E-state index in [-0.39, 0.29) is 6.61 Å². The SMILES string of the molecule is NCc1cc(Cl)cc(Cl)c1OCCCCCCO. The molecular weight excluding hydrogens is 273 g/mol. The zero-order chi connectivity index (χ0) is 13.4. The lowest BCUT2D eigenvalue weighted by Gasteiger charge is -2.12. The van der Waals surface area contributed by atoms with Crippen molar-refractivity contribution in [2.75, 3.05) is 13.2 Å². The third-order valence-electron chi connectivity index (χ3n) is 2.60. The van der Waals surface area contributed by atoms with Crippen LogP contribution in [0.5, 0.6) is 5.75 Å². The summed E-state index contributed by atoms with van der Waals surface area (Å²) < 4.78 is 5.66. The van der Waals surface area contributed by atoms with E-state index in [2.05, 4.69) is 0 Å². The fraction of sp³-hybridized carbons (Fsp3) is 0.538. The van der Waals surface area contributed by atoms with Crippen molar-refractivity contribution in [2.24, 2.45) is 5.73 Å². The van der Waals surface area contributed by atoms with Crippen molar-refractivity contribution in [3.8, 4) is 5.75 Å². The van der Waals surface area contributed by atoms with Gasteiger partial charge in [-0.3, -0.25) is 0 Å². The zero-order valence-corrected chi connectivity index (χ0v) is 11.8. The first-order valence-corrected chi connectivity index (χ1v) is 6.86. The van der Waals surface area contributed by atoms with Gasteiger partial charge in [-0.1, -0.05) is 29.6 Å². The highest BCUT2D eigenvalue weighted by molar-refractivity contribution is 6.35. The molecule has 0 atom stereocenters. The normalized spacial score (nSPS) is 10.7. The monoisotopic (exact) mass is 291 g/mol. The van der Waals surface area contributed by atoms with Crippen LogP contribution in [0.2, 0.25) is 10.0 Å². The van der Waals surface area contributed by atoms with Crippen molar-refractivity contribution in [1.29, 1.82) is 0 Å². The molecule has 0 amide bonds. The standard InChI is InChI=1S/C13H19Cl2NO2/c14-11-7-10(9-16)13(12(15)8-11)18-6-4-2-1-3-5-17/h7-8,17H,1-6,9,16H2. The number of rotatable bonds is 8. The second-order valence-electron chi connectivity index (χ2n) is 4.07. The molecule has 0 aliphatic carbocycles. The molecule has 0 aliphatic heterocycles. The molecule has 5 heteroatoms. The van der Waals surface area contributed by atoms with E-state index in [1.54, 1.807) is 12.1 Å². The Balaban J connectivity index is 2.46. The van der Waals surface area contributed by atoms with Gasteiger partial charge in [0.25, 0.3) is 0 Å². The molecule has 18 heavy (non-hydrogen) atoms. The third-order valence-corrected chi connectivity index (χ3v) is 3.10. The quantitative estimate of drug-likeness (QED) is 0.722. The molecule has 0 aliphatic rings. The average molecular weight is 292 g/mol. The summed E-state index contributed by atoms with van der Waals surface area (Å²) in [6.07, 6.45) is 3.82. The van der Waals surface area contributed by atoms with Crippen LogP contribution < -0.4 is 10.5 Å². The van der Waals surface area contributed by atoms with Gasteiger partial charge in [-0.05, 0) is 31.4 Å². The number of aliphatic hydroxyl groups is 1. The lowest BCUT2D eigenvalue weighted by molar-refractivity contribution is 0.273. The molecule has 0 spiro atoms. The highest BCUT2D eigenvalue weighted by atomic mass is 35.5. The number of hydrogen-bond acceptors (Lipinski definition) is 3. The Morgan fingerprint density at radius 1 is 1.11 bits per heavy atom. The lowest BCUT2D eigenvalue weighted by Crippen LogP contribution is -2.04. The van der Waals surface area contributed by atoms with Crippen LogP contribution in [-0.2, 0) is 6.54 Å². The maximum atomic E-state index is 8.66. The molecule has 0 heterocycles. The van der Waals surface area contributed by atoms with Crippen molar-refractivity contribution in [3.05, 3.63) is 27.7 Å². The summed E-state index contributed by atoms with van der Waals surface area (Å²) in [7, 11) is 0. The van der Waals surface area contributed by atoms with Gasteiger partial charge >= 0.3 is 0 Å². The fourth-order valence-corrected chi connectivity index (χ4v) is 2.26. The minimum absolute atomic E-state index is 0.251. The van der Waals surface area contributed by atoms with Gasteiger partial charge < -0.3 is 15.6 Å². The van der Waals surface area contributed by atoms with Gasteiger partial charge in [0.05, 0.1) is 11.6 Å². The second kappa shape index (κ2) is 8.59. The Hall–Kier alpha value is -0.480. The lowest BCUT2D eigenvalue weighted by atomic mass is 10.2. The smallest absolute Gasteiger partial charge is 0.142 e. The van der Waals surface area contributed by atoms with E-state index in [9.17, 15) is 0 Å². The first-order valence-electron chi connectivity index (χ1n) is 6.10. The summed E-state index contributed by atoms with van der Waals surface area (Å²) >= 11 is 12.0. The summed E-state index contributed by atoms with van der Waals surface area (Å²) in [5.41, 5.74) is 6.46. The first kappa shape index (κ1) is 15.6. The van der Waals surface area contributed by atoms with Crippen LogP contribution in [-0.4, -0.2) is 18.3 Å². The molecule has 1 rings (SSSR count). The molecule has 3 nitrogen and oxygen atoms in total. The Labute approximate surface area is 118 Å². The summed E-state index contributed by atoms with van der Waals surface area (Å²) in [6.45, 7) is 1.20. The Morgan fingerprint density at radius 3 is 2.50 bits per heavy atom. The van der Waals surface area contributed by atoms with E-state index in [4.69, 9.17) is 38.8 Å². The van der Waals surface area contributed by atoms with Crippen molar-refractivity contribution in [1.82, 2.24) is 0 Å². The minimum atomic E-state index is 0.251. The first-order chi connectivity index (χ1) is 8.69. The van der Waals surface area contributed by atoms with Crippen LogP contribution >= 0.6 is 23.2 Å². The summed E-state index contributed by atoms with van der Waals surface area (Å²) in [5.74, 6) is 0.630. The molecule has 102 valence electrons. The van der Waals surface area contributed by atoms with Gasteiger partial charge in [-0.2, -0.15) is 0 Å². The van der Waals surface area contributed by atoms with E-state index in [0.717, 1.165) is 31.2 Å². The number of hydrogen-bond donors (Lipinski definition) is 2. The van der Waals surface area contributed by atoms with Gasteiger partial charge in [-0.15, -0.1) is 0 Å². The van der Waals surface area contributed by atoms with Crippen LogP contribution in [0.15, 0.2) is 12.1 Å². The minimum Gasteiger partial charge on any atom is -0.492 e. The van der Waals surface area contributed by atoms with Crippen LogP contribution in [0.3, 0.4) is 0 Å². The highest BCUT2D eigenvalue weighted by Crippen LogP contribution is 2.32. The summed E-state index contributed by atoms with van der Waals surface area (Å²) in [5, 5.41) is 9.72. The third kappa shape index (κ3) is 5.02. The molecule has 3 N–H and O–H groups in total. The topological polar surface area (TPSA) is 55.5 Å². The second-order valence-corrected chi connectivity index (χ2v) is 4.91. The highest BCUT2D eigenvalue weighted by Gasteiger charge is 2.09. The maximum absolute atomic E-state index is 8.66. The van der Waals surface area contributed by atoms with E-state index < -0.39 is 0 Å². The van der Waals surface area contributed by atoms with Crippen molar-refractivity contribution >= 4 is 23.2 Å². The Morgan fingerprint density at radius 2 is 1.83 bits per heavy atom. The van der Waals surface area contributed by atoms with E-state index in [1.807, 2.05) is 0 Å². The number of unbranched alkanes of at least 4 members (excludes halogenated alkanes) is 3. The van der Waals surface area contributed by atoms with Gasteiger partial charge in [0.1, 0.15) is 5.75 Å². The molecule has 0 saturated carbocycles. The number of ether oxygens (including phenoxy) is 1. The average Bonchev–Trinajstić information content (AvgIpc) is 2.35. The predicted octanol–water partition coefficient (Wildman–Crippen LogP) is 3.38. The van der Waals surface area contributed by atoms with Crippen LogP contribution in [0.25, 0.3) is 0 Å². The number of aliphatic hydroxyl groups excluding tert-OH is 1. The Kier molecular flexibility index (Phi) is 7.44. The molecule has 1 aromatic rings. The molecule has 1 aromatic carbocycles. The molecule has 0 radical (unpaired) electrons. The van der Waals surface area contributed by atoms with Crippen molar-refractivity contribution in [3.63, 3.8) is 0 Å². The molecule has 0 unspecified atom stereocenters. The largest absolute Gasteiger partial charge is 0.492 e. The maximum Gasteiger partial charge on any atom is 0.142 e. The Bertz CT molecular complexity index is 372. The van der Waals surface area contributed by atoms with Crippen molar-refractivity contribution < 1.29 is 9.84 Å². The van der Waals surface area contributed by atoms with Crippen molar-refractivity contribution in [2.45, 2.75) is 32.2 Å². The van der Waals surface area contributed by atoms with Gasteiger partial charge in [0, 0.05) is 23.7 Å². The predicted molar refractivity (Wildman–Crippen MR) is 75.4 cm³/mol. The molecule has 0 aromatic heterocycles. The zero-order valence-electron chi connectivity index (χ0n) is 10.3. The molecule has 0 saturated heterocycles. The summed E-state index contributed by atoms with van der Waals surface area (Å²) in [4.78, 5) is 0.